The number of likely N-dealkylation sites (tertiary alicyclic amines) is 1. The van der Waals surface area contributed by atoms with Gasteiger partial charge in [0.25, 0.3) is 12.4 Å². The highest BCUT2D eigenvalue weighted by atomic mass is 16.3. The molecule has 8 nitrogen and oxygen atoms in total. The topological polar surface area (TPSA) is 94.1 Å². The minimum atomic E-state index is -0.250. The Morgan fingerprint density at radius 2 is 1.80 bits per heavy atom. The normalized spacial score (nSPS) is 17.4. The number of nitrogens with zero attached hydrogens (tertiary/aromatic N) is 4. The number of hydrogen-bond donors (Lipinski definition) is 1. The summed E-state index contributed by atoms with van der Waals surface area (Å²) in [5.74, 6) is 0.293. The molecular weight excluding hydrogens is 384 g/mol. The summed E-state index contributed by atoms with van der Waals surface area (Å²) in [7, 11) is 0. The first-order valence-corrected chi connectivity index (χ1v) is 10.4. The number of fused-ring (bicyclic) bond motifs is 1. The van der Waals surface area contributed by atoms with Crippen molar-refractivity contribution in [1.29, 1.82) is 0 Å². The number of carbonyl (C=O) groups is 3. The fourth-order valence-electron chi connectivity index (χ4n) is 3.95. The van der Waals surface area contributed by atoms with Crippen LogP contribution in [0.2, 0.25) is 0 Å². The molecule has 1 aromatic carbocycles. The van der Waals surface area contributed by atoms with Gasteiger partial charge in [-0.2, -0.15) is 0 Å². The zero-order chi connectivity index (χ0) is 21.3. The van der Waals surface area contributed by atoms with E-state index >= 15 is 0 Å². The number of pyridine rings is 1. The number of rotatable bonds is 4. The van der Waals surface area contributed by atoms with Crippen molar-refractivity contribution in [3.05, 3.63) is 42.1 Å². The predicted molar refractivity (Wildman–Crippen MR) is 113 cm³/mol. The zero-order valence-electron chi connectivity index (χ0n) is 17.1. The van der Waals surface area contributed by atoms with E-state index in [9.17, 15) is 9.59 Å². The van der Waals surface area contributed by atoms with Crippen molar-refractivity contribution in [2.24, 2.45) is 0 Å². The third-order valence-corrected chi connectivity index (χ3v) is 5.55. The first kappa shape index (κ1) is 21.7. The van der Waals surface area contributed by atoms with Gasteiger partial charge in [0.15, 0.2) is 0 Å². The number of benzene rings is 1. The van der Waals surface area contributed by atoms with Gasteiger partial charge in [-0.05, 0) is 31.5 Å². The number of hydrogen-bond acceptors (Lipinski definition) is 5. The van der Waals surface area contributed by atoms with E-state index in [1.54, 1.807) is 0 Å². The highest BCUT2D eigenvalue weighted by Gasteiger charge is 2.23. The summed E-state index contributed by atoms with van der Waals surface area (Å²) in [5.41, 5.74) is 1.37. The van der Waals surface area contributed by atoms with Gasteiger partial charge in [-0.3, -0.25) is 19.3 Å². The number of amides is 2. The van der Waals surface area contributed by atoms with E-state index in [2.05, 4.69) is 9.88 Å². The molecule has 0 saturated carbocycles. The highest BCUT2D eigenvalue weighted by molar-refractivity contribution is 5.94. The Hall–Kier alpha value is -3.00. The maximum Gasteiger partial charge on any atom is 0.290 e. The van der Waals surface area contributed by atoms with Crippen molar-refractivity contribution in [2.45, 2.75) is 19.3 Å². The fourth-order valence-corrected chi connectivity index (χ4v) is 3.95. The Morgan fingerprint density at radius 1 is 1.00 bits per heavy atom. The molecule has 1 N–H and O–H groups in total. The molecule has 2 aliphatic rings. The average molecular weight is 412 g/mol. The first-order chi connectivity index (χ1) is 14.6. The lowest BCUT2D eigenvalue weighted by molar-refractivity contribution is -0.128. The number of para-hydroxylation sites is 1. The molecule has 3 heterocycles. The van der Waals surface area contributed by atoms with Crippen molar-refractivity contribution < 1.29 is 19.5 Å². The van der Waals surface area contributed by atoms with Crippen LogP contribution in [0.4, 0.5) is 0 Å². The molecule has 0 spiro atoms. The molecule has 0 radical (unpaired) electrons. The van der Waals surface area contributed by atoms with Crippen molar-refractivity contribution in [2.75, 3.05) is 45.8 Å². The second-order valence-corrected chi connectivity index (χ2v) is 7.47. The van der Waals surface area contributed by atoms with Gasteiger partial charge in [0.05, 0.1) is 5.52 Å². The van der Waals surface area contributed by atoms with Crippen LogP contribution in [0.15, 0.2) is 36.4 Å². The smallest absolute Gasteiger partial charge is 0.290 e. The minimum absolute atomic E-state index is 0.0114. The Kier molecular flexibility index (Phi) is 7.73. The van der Waals surface area contributed by atoms with E-state index in [4.69, 9.17) is 9.90 Å². The van der Waals surface area contributed by atoms with Crippen molar-refractivity contribution >= 4 is 29.2 Å². The highest BCUT2D eigenvalue weighted by Crippen LogP contribution is 2.15. The van der Waals surface area contributed by atoms with Crippen LogP contribution in [0.25, 0.3) is 10.9 Å². The van der Waals surface area contributed by atoms with Gasteiger partial charge in [-0.25, -0.2) is 4.98 Å². The van der Waals surface area contributed by atoms with E-state index in [0.717, 1.165) is 63.0 Å². The monoisotopic (exact) mass is 412 g/mol. The average Bonchev–Trinajstić information content (AvgIpc) is 3.03. The van der Waals surface area contributed by atoms with Crippen LogP contribution in [0.3, 0.4) is 0 Å². The molecule has 0 aliphatic carbocycles. The Bertz CT molecular complexity index is 888. The third-order valence-electron chi connectivity index (χ3n) is 5.55. The van der Waals surface area contributed by atoms with Crippen LogP contribution in [0.5, 0.6) is 0 Å². The van der Waals surface area contributed by atoms with Crippen molar-refractivity contribution in [3.63, 3.8) is 0 Å². The van der Waals surface area contributed by atoms with Crippen LogP contribution in [-0.2, 0) is 9.59 Å². The molecule has 2 aliphatic heterocycles. The number of aromatic nitrogens is 1. The molecular formula is C22H28N4O4. The Morgan fingerprint density at radius 3 is 2.57 bits per heavy atom. The van der Waals surface area contributed by atoms with Gasteiger partial charge in [-0.15, -0.1) is 0 Å². The van der Waals surface area contributed by atoms with Crippen LogP contribution in [-0.4, -0.2) is 88.9 Å². The third kappa shape index (κ3) is 5.54. The maximum absolute atomic E-state index is 12.9. The fraction of sp³-hybridized carbons (Fsp3) is 0.455. The van der Waals surface area contributed by atoms with E-state index in [1.807, 2.05) is 46.2 Å². The van der Waals surface area contributed by atoms with E-state index in [0.29, 0.717) is 18.7 Å². The zero-order valence-corrected chi connectivity index (χ0v) is 17.1. The summed E-state index contributed by atoms with van der Waals surface area (Å²) >= 11 is 0. The van der Waals surface area contributed by atoms with Crippen molar-refractivity contribution in [1.82, 2.24) is 19.7 Å². The maximum atomic E-state index is 12.9. The van der Waals surface area contributed by atoms with Crippen LogP contribution < -0.4 is 0 Å². The van der Waals surface area contributed by atoms with Gasteiger partial charge in [-0.1, -0.05) is 24.3 Å². The molecule has 0 atom stereocenters. The molecule has 2 amide bonds. The molecule has 8 heteroatoms. The molecule has 30 heavy (non-hydrogen) atoms. The van der Waals surface area contributed by atoms with E-state index in [1.165, 1.54) is 0 Å². The quantitative estimate of drug-likeness (QED) is 0.769. The van der Waals surface area contributed by atoms with Gasteiger partial charge >= 0.3 is 0 Å². The molecule has 160 valence electrons. The molecule has 4 rings (SSSR count). The van der Waals surface area contributed by atoms with Gasteiger partial charge in [0.2, 0.25) is 5.91 Å². The molecule has 2 saturated heterocycles. The summed E-state index contributed by atoms with van der Waals surface area (Å²) in [6.45, 7) is 5.62. The summed E-state index contributed by atoms with van der Waals surface area (Å²) in [5, 5.41) is 7.94. The number of carbonyl (C=O) groups excluding carboxylic acids is 2. The summed E-state index contributed by atoms with van der Waals surface area (Å²) in [6.07, 6.45) is 2.63. The van der Waals surface area contributed by atoms with Gasteiger partial charge in [0, 0.05) is 51.1 Å². The number of carboxylic acid groups (broad SMARTS) is 1. The van der Waals surface area contributed by atoms with Crippen LogP contribution in [0.1, 0.15) is 29.8 Å². The Balaban J connectivity index is 0.000000806. The molecule has 2 aromatic rings. The van der Waals surface area contributed by atoms with Gasteiger partial charge in [0.1, 0.15) is 5.69 Å². The summed E-state index contributed by atoms with van der Waals surface area (Å²) in [6, 6.07) is 11.7. The van der Waals surface area contributed by atoms with E-state index < -0.39 is 0 Å². The SMILES string of the molecule is O=C1CCCN1CCN1CCCN(C(=O)c2ccc3ccccc3n2)CC1.O=CO. The lowest BCUT2D eigenvalue weighted by atomic mass is 10.2. The molecule has 0 unspecified atom stereocenters. The molecule has 1 aromatic heterocycles. The second kappa shape index (κ2) is 10.7. The first-order valence-electron chi connectivity index (χ1n) is 10.4. The minimum Gasteiger partial charge on any atom is -0.483 e. The van der Waals surface area contributed by atoms with Gasteiger partial charge < -0.3 is 14.9 Å². The van der Waals surface area contributed by atoms with Crippen LogP contribution in [0, 0.1) is 0 Å². The van der Waals surface area contributed by atoms with Crippen molar-refractivity contribution in [3.8, 4) is 0 Å². The second-order valence-electron chi connectivity index (χ2n) is 7.47. The standard InChI is InChI=1S/C21H26N4O2.CH2O2/c26-20-7-3-11-24(20)15-13-23-10-4-12-25(16-14-23)21(27)19-9-8-17-5-1-2-6-18(17)22-19;2-1-3/h1-2,5-6,8-9H,3-4,7,10-16H2;1H,(H,2,3). The lowest BCUT2D eigenvalue weighted by Gasteiger charge is -2.24. The van der Waals surface area contributed by atoms with Crippen LogP contribution >= 0.6 is 0 Å². The summed E-state index contributed by atoms with van der Waals surface area (Å²) < 4.78 is 0. The molecule has 0 bridgehead atoms. The predicted octanol–water partition coefficient (Wildman–Crippen LogP) is 1.71. The largest absolute Gasteiger partial charge is 0.483 e. The Labute approximate surface area is 176 Å². The lowest BCUT2D eigenvalue weighted by Crippen LogP contribution is -2.39. The van der Waals surface area contributed by atoms with E-state index in [-0.39, 0.29) is 18.3 Å². The molecule has 2 fully saturated rings. The summed E-state index contributed by atoms with van der Waals surface area (Å²) in [4.78, 5) is 43.8.